The normalized spacial score (nSPS) is 10.7. The molecule has 0 saturated carbocycles. The molecule has 0 amide bonds. The van der Waals surface area contributed by atoms with Gasteiger partial charge >= 0.3 is 0 Å². The summed E-state index contributed by atoms with van der Waals surface area (Å²) in [6.07, 6.45) is 3.68. The first-order chi connectivity index (χ1) is 5.72. The maximum atomic E-state index is 5.50. The number of rotatable bonds is 3. The topological polar surface area (TPSA) is 42.2 Å². The van der Waals surface area contributed by atoms with Crippen LogP contribution in [-0.2, 0) is 13.1 Å². The molecule has 3 heteroatoms. The third-order valence-electron chi connectivity index (χ3n) is 1.59. The Kier molecular flexibility index (Phi) is 3.19. The summed E-state index contributed by atoms with van der Waals surface area (Å²) in [6.45, 7) is 1.48. The molecule has 0 aliphatic heterocycles. The van der Waals surface area contributed by atoms with Crippen LogP contribution >= 0.6 is 0 Å². The lowest BCUT2D eigenvalue weighted by atomic mass is 10.2. The maximum absolute atomic E-state index is 5.50. The van der Waals surface area contributed by atoms with Crippen LogP contribution in [0.1, 0.15) is 11.1 Å². The van der Waals surface area contributed by atoms with Gasteiger partial charge in [-0.25, -0.2) is 0 Å². The highest BCUT2D eigenvalue weighted by molar-refractivity contribution is 5.17. The summed E-state index contributed by atoms with van der Waals surface area (Å²) in [5.74, 6) is 0. The Morgan fingerprint density at radius 2 is 2.00 bits per heavy atom. The Bertz CT molecular complexity index is 245. The predicted molar refractivity (Wildman–Crippen MR) is 49.5 cm³/mol. The molecule has 1 heterocycles. The molecule has 0 atom stereocenters. The van der Waals surface area contributed by atoms with E-state index in [0.717, 1.165) is 12.1 Å². The average molecular weight is 165 g/mol. The molecular weight excluding hydrogens is 150 g/mol. The number of nitrogens with zero attached hydrogens (tertiary/aromatic N) is 2. The zero-order valence-electron chi connectivity index (χ0n) is 7.62. The lowest BCUT2D eigenvalue weighted by Gasteiger charge is -2.09. The Morgan fingerprint density at radius 1 is 1.33 bits per heavy atom. The standard InChI is InChI=1S/C9H15N3/c1-12(2)7-9-3-8(4-10)5-11-6-9/h3,5-6H,4,7,10H2,1-2H3. The lowest BCUT2D eigenvalue weighted by Crippen LogP contribution is -2.11. The van der Waals surface area contributed by atoms with Gasteiger partial charge in [-0.1, -0.05) is 6.07 Å². The van der Waals surface area contributed by atoms with Crippen LogP contribution in [0.25, 0.3) is 0 Å². The second-order valence-corrected chi connectivity index (χ2v) is 3.14. The number of hydrogen-bond donors (Lipinski definition) is 1. The zero-order chi connectivity index (χ0) is 8.97. The summed E-state index contributed by atoms with van der Waals surface area (Å²) in [5.41, 5.74) is 7.80. The maximum Gasteiger partial charge on any atom is 0.0313 e. The lowest BCUT2D eigenvalue weighted by molar-refractivity contribution is 0.402. The van der Waals surface area contributed by atoms with E-state index in [4.69, 9.17) is 5.73 Å². The molecule has 66 valence electrons. The Labute approximate surface area is 73.2 Å². The highest BCUT2D eigenvalue weighted by Gasteiger charge is 1.96. The van der Waals surface area contributed by atoms with Gasteiger partial charge in [-0.05, 0) is 25.2 Å². The van der Waals surface area contributed by atoms with Crippen molar-refractivity contribution in [2.75, 3.05) is 14.1 Å². The fraction of sp³-hybridized carbons (Fsp3) is 0.444. The van der Waals surface area contributed by atoms with Gasteiger partial charge in [0, 0.05) is 25.5 Å². The third-order valence-corrected chi connectivity index (χ3v) is 1.59. The van der Waals surface area contributed by atoms with Gasteiger partial charge in [0.1, 0.15) is 0 Å². The van der Waals surface area contributed by atoms with Crippen molar-refractivity contribution in [2.24, 2.45) is 5.73 Å². The van der Waals surface area contributed by atoms with Crippen LogP contribution in [0.5, 0.6) is 0 Å². The van der Waals surface area contributed by atoms with Crippen molar-refractivity contribution in [1.82, 2.24) is 9.88 Å². The van der Waals surface area contributed by atoms with Gasteiger partial charge < -0.3 is 10.6 Å². The number of nitrogens with two attached hydrogens (primary N) is 1. The monoisotopic (exact) mass is 165 g/mol. The first-order valence-electron chi connectivity index (χ1n) is 4.00. The zero-order valence-corrected chi connectivity index (χ0v) is 7.62. The molecule has 0 bridgehead atoms. The van der Waals surface area contributed by atoms with Crippen molar-refractivity contribution in [3.05, 3.63) is 29.6 Å². The van der Waals surface area contributed by atoms with E-state index in [9.17, 15) is 0 Å². The predicted octanol–water partition coefficient (Wildman–Crippen LogP) is 0.602. The second kappa shape index (κ2) is 4.18. The SMILES string of the molecule is CN(C)Cc1cncc(CN)c1. The Morgan fingerprint density at radius 3 is 2.58 bits per heavy atom. The van der Waals surface area contributed by atoms with E-state index < -0.39 is 0 Å². The number of hydrogen-bond acceptors (Lipinski definition) is 3. The average Bonchev–Trinajstić information content (AvgIpc) is 2.03. The molecule has 12 heavy (non-hydrogen) atoms. The molecule has 0 saturated heterocycles. The molecular formula is C9H15N3. The summed E-state index contributed by atoms with van der Waals surface area (Å²) >= 11 is 0. The van der Waals surface area contributed by atoms with Gasteiger partial charge in [-0.15, -0.1) is 0 Å². The number of aromatic nitrogens is 1. The minimum absolute atomic E-state index is 0.564. The first-order valence-corrected chi connectivity index (χ1v) is 4.00. The highest BCUT2D eigenvalue weighted by atomic mass is 15.0. The van der Waals surface area contributed by atoms with E-state index in [1.54, 1.807) is 6.20 Å². The second-order valence-electron chi connectivity index (χ2n) is 3.14. The van der Waals surface area contributed by atoms with Crippen LogP contribution in [0.4, 0.5) is 0 Å². The van der Waals surface area contributed by atoms with Crippen LogP contribution < -0.4 is 5.73 Å². The van der Waals surface area contributed by atoms with Crippen molar-refractivity contribution in [3.63, 3.8) is 0 Å². The van der Waals surface area contributed by atoms with E-state index in [0.29, 0.717) is 6.54 Å². The van der Waals surface area contributed by atoms with E-state index in [1.165, 1.54) is 5.56 Å². The van der Waals surface area contributed by atoms with Gasteiger partial charge in [0.05, 0.1) is 0 Å². The van der Waals surface area contributed by atoms with Crippen LogP contribution in [0.15, 0.2) is 18.5 Å². The molecule has 0 spiro atoms. The van der Waals surface area contributed by atoms with E-state index in [-0.39, 0.29) is 0 Å². The highest BCUT2D eigenvalue weighted by Crippen LogP contribution is 2.03. The van der Waals surface area contributed by atoms with Crippen molar-refractivity contribution in [3.8, 4) is 0 Å². The molecule has 0 unspecified atom stereocenters. The molecule has 1 rings (SSSR count). The molecule has 2 N–H and O–H groups in total. The van der Waals surface area contributed by atoms with Gasteiger partial charge in [-0.3, -0.25) is 4.98 Å². The van der Waals surface area contributed by atoms with Crippen molar-refractivity contribution < 1.29 is 0 Å². The molecule has 1 aromatic heterocycles. The van der Waals surface area contributed by atoms with Crippen molar-refractivity contribution in [1.29, 1.82) is 0 Å². The van der Waals surface area contributed by atoms with Gasteiger partial charge in [0.25, 0.3) is 0 Å². The number of pyridine rings is 1. The molecule has 1 aromatic rings. The Balaban J connectivity index is 2.72. The minimum Gasteiger partial charge on any atom is -0.326 e. The summed E-state index contributed by atoms with van der Waals surface area (Å²) in [7, 11) is 4.07. The molecule has 0 aliphatic rings. The van der Waals surface area contributed by atoms with Gasteiger partial charge in [-0.2, -0.15) is 0 Å². The van der Waals surface area contributed by atoms with E-state index >= 15 is 0 Å². The van der Waals surface area contributed by atoms with Crippen molar-refractivity contribution >= 4 is 0 Å². The summed E-state index contributed by atoms with van der Waals surface area (Å²) in [5, 5.41) is 0. The first kappa shape index (κ1) is 9.16. The fourth-order valence-corrected chi connectivity index (χ4v) is 1.10. The summed E-state index contributed by atoms with van der Waals surface area (Å²) in [6, 6.07) is 2.09. The van der Waals surface area contributed by atoms with Crippen LogP contribution in [0.3, 0.4) is 0 Å². The smallest absolute Gasteiger partial charge is 0.0313 e. The largest absolute Gasteiger partial charge is 0.326 e. The quantitative estimate of drug-likeness (QED) is 0.713. The third kappa shape index (κ3) is 2.60. The van der Waals surface area contributed by atoms with E-state index in [2.05, 4.69) is 16.0 Å². The molecule has 3 nitrogen and oxygen atoms in total. The van der Waals surface area contributed by atoms with Crippen LogP contribution in [0, 0.1) is 0 Å². The van der Waals surface area contributed by atoms with E-state index in [1.807, 2.05) is 20.3 Å². The fourth-order valence-electron chi connectivity index (χ4n) is 1.10. The Hall–Kier alpha value is -0.930. The van der Waals surface area contributed by atoms with Gasteiger partial charge in [0.15, 0.2) is 0 Å². The van der Waals surface area contributed by atoms with Crippen LogP contribution in [-0.4, -0.2) is 24.0 Å². The molecule has 0 aromatic carbocycles. The minimum atomic E-state index is 0.564. The van der Waals surface area contributed by atoms with Crippen LogP contribution in [0.2, 0.25) is 0 Å². The van der Waals surface area contributed by atoms with Gasteiger partial charge in [0.2, 0.25) is 0 Å². The summed E-state index contributed by atoms with van der Waals surface area (Å²) < 4.78 is 0. The molecule has 0 fully saturated rings. The molecule has 0 radical (unpaired) electrons. The molecule has 0 aliphatic carbocycles. The van der Waals surface area contributed by atoms with Crippen molar-refractivity contribution in [2.45, 2.75) is 13.1 Å². The summed E-state index contributed by atoms with van der Waals surface area (Å²) in [4.78, 5) is 6.21.